The monoisotopic (exact) mass is 260 g/mol. The summed E-state index contributed by atoms with van der Waals surface area (Å²) in [5, 5.41) is 6.38. The minimum Gasteiger partial charge on any atom is -0.385 e. The number of ether oxygens (including phenoxy) is 1. The molecule has 19 heavy (non-hydrogen) atoms. The van der Waals surface area contributed by atoms with Crippen molar-refractivity contribution in [2.75, 3.05) is 30.4 Å². The molecule has 2 N–H and O–H groups in total. The van der Waals surface area contributed by atoms with Crippen LogP contribution < -0.4 is 10.6 Å². The number of nitrogens with one attached hydrogen (secondary N) is 2. The lowest BCUT2D eigenvalue weighted by Gasteiger charge is -2.22. The molecule has 1 aromatic rings. The van der Waals surface area contributed by atoms with Gasteiger partial charge in [0.1, 0.15) is 0 Å². The molecule has 3 rings (SSSR count). The summed E-state index contributed by atoms with van der Waals surface area (Å²) in [6.45, 7) is 2.35. The zero-order valence-electron chi connectivity index (χ0n) is 11.1. The SMILES string of the molecule is O=C(Nc1ccc2c(c1)NCCC2)C1CCCOC1. The van der Waals surface area contributed by atoms with Gasteiger partial charge in [-0.1, -0.05) is 6.07 Å². The number of amides is 1. The Morgan fingerprint density at radius 3 is 3.16 bits per heavy atom. The van der Waals surface area contributed by atoms with Crippen LogP contribution in [0, 0.1) is 5.92 Å². The number of carbonyl (C=O) groups excluding carboxylic acids is 1. The minimum absolute atomic E-state index is 0.00209. The van der Waals surface area contributed by atoms with Gasteiger partial charge in [0.25, 0.3) is 0 Å². The number of fused-ring (bicyclic) bond motifs is 1. The topological polar surface area (TPSA) is 50.4 Å². The van der Waals surface area contributed by atoms with Gasteiger partial charge < -0.3 is 15.4 Å². The van der Waals surface area contributed by atoms with Gasteiger partial charge in [-0.15, -0.1) is 0 Å². The van der Waals surface area contributed by atoms with Crippen LogP contribution in [0.25, 0.3) is 0 Å². The third-order valence-corrected chi connectivity index (χ3v) is 3.85. The van der Waals surface area contributed by atoms with Gasteiger partial charge in [0.15, 0.2) is 0 Å². The predicted molar refractivity (Wildman–Crippen MR) is 75.4 cm³/mol. The molecule has 0 aromatic heterocycles. The van der Waals surface area contributed by atoms with Crippen molar-refractivity contribution in [2.45, 2.75) is 25.7 Å². The molecule has 2 aliphatic heterocycles. The fourth-order valence-corrected chi connectivity index (χ4v) is 2.73. The number of hydrogen-bond donors (Lipinski definition) is 2. The third-order valence-electron chi connectivity index (χ3n) is 3.85. The molecular formula is C15H20N2O2. The summed E-state index contributed by atoms with van der Waals surface area (Å²) in [4.78, 5) is 12.1. The Hall–Kier alpha value is -1.55. The van der Waals surface area contributed by atoms with Crippen molar-refractivity contribution < 1.29 is 9.53 Å². The van der Waals surface area contributed by atoms with Crippen molar-refractivity contribution in [1.82, 2.24) is 0 Å². The van der Waals surface area contributed by atoms with E-state index in [4.69, 9.17) is 4.74 Å². The standard InChI is InChI=1S/C15H20N2O2/c18-15(12-4-2-8-19-10-12)17-13-6-5-11-3-1-7-16-14(11)9-13/h5-6,9,12,16H,1-4,7-8,10H2,(H,17,18). The van der Waals surface area contributed by atoms with Crippen LogP contribution in [0.1, 0.15) is 24.8 Å². The minimum atomic E-state index is -0.00209. The second-order valence-corrected chi connectivity index (χ2v) is 5.31. The lowest BCUT2D eigenvalue weighted by Crippen LogP contribution is -2.30. The number of benzene rings is 1. The zero-order valence-corrected chi connectivity index (χ0v) is 11.1. The zero-order chi connectivity index (χ0) is 13.1. The summed E-state index contributed by atoms with van der Waals surface area (Å²) < 4.78 is 5.36. The quantitative estimate of drug-likeness (QED) is 0.858. The van der Waals surface area contributed by atoms with Crippen molar-refractivity contribution >= 4 is 17.3 Å². The van der Waals surface area contributed by atoms with Gasteiger partial charge in [0.2, 0.25) is 5.91 Å². The number of carbonyl (C=O) groups is 1. The largest absolute Gasteiger partial charge is 0.385 e. The molecule has 0 spiro atoms. The molecule has 0 saturated carbocycles. The summed E-state index contributed by atoms with van der Waals surface area (Å²) >= 11 is 0. The van der Waals surface area contributed by atoms with Crippen molar-refractivity contribution in [1.29, 1.82) is 0 Å². The highest BCUT2D eigenvalue weighted by atomic mass is 16.5. The molecule has 1 aromatic carbocycles. The normalized spacial score (nSPS) is 22.2. The van der Waals surface area contributed by atoms with Gasteiger partial charge in [-0.2, -0.15) is 0 Å². The van der Waals surface area contributed by atoms with E-state index in [1.165, 1.54) is 12.0 Å². The van der Waals surface area contributed by atoms with Gasteiger partial charge in [-0.05, 0) is 43.4 Å². The van der Waals surface area contributed by atoms with Crippen LogP contribution >= 0.6 is 0 Å². The Balaban J connectivity index is 1.67. The maximum absolute atomic E-state index is 12.1. The highest BCUT2D eigenvalue weighted by Gasteiger charge is 2.22. The third kappa shape index (κ3) is 2.89. The number of rotatable bonds is 2. The van der Waals surface area contributed by atoms with Crippen molar-refractivity contribution in [2.24, 2.45) is 5.92 Å². The highest BCUT2D eigenvalue weighted by molar-refractivity contribution is 5.93. The van der Waals surface area contributed by atoms with Crippen LogP contribution in [-0.2, 0) is 16.0 Å². The molecule has 1 unspecified atom stereocenters. The van der Waals surface area contributed by atoms with Crippen LogP contribution in [-0.4, -0.2) is 25.7 Å². The van der Waals surface area contributed by atoms with Gasteiger partial charge in [0, 0.05) is 24.5 Å². The first kappa shape index (κ1) is 12.5. The second-order valence-electron chi connectivity index (χ2n) is 5.31. The first-order valence-corrected chi connectivity index (χ1v) is 7.08. The van der Waals surface area contributed by atoms with Crippen molar-refractivity contribution in [3.8, 4) is 0 Å². The Morgan fingerprint density at radius 1 is 1.37 bits per heavy atom. The van der Waals surface area contributed by atoms with Gasteiger partial charge in [0.05, 0.1) is 12.5 Å². The lowest BCUT2D eigenvalue weighted by molar-refractivity contribution is -0.123. The molecular weight excluding hydrogens is 240 g/mol. The van der Waals surface area contributed by atoms with Crippen LogP contribution in [0.3, 0.4) is 0 Å². The van der Waals surface area contributed by atoms with Crippen LogP contribution in [0.15, 0.2) is 18.2 Å². The van der Waals surface area contributed by atoms with E-state index in [1.807, 2.05) is 12.1 Å². The van der Waals surface area contributed by atoms with Crippen molar-refractivity contribution in [3.05, 3.63) is 23.8 Å². The molecule has 0 bridgehead atoms. The number of hydrogen-bond acceptors (Lipinski definition) is 3. The average Bonchev–Trinajstić information content (AvgIpc) is 2.48. The van der Waals surface area contributed by atoms with Crippen molar-refractivity contribution in [3.63, 3.8) is 0 Å². The molecule has 102 valence electrons. The Morgan fingerprint density at radius 2 is 2.32 bits per heavy atom. The Kier molecular flexibility index (Phi) is 3.69. The molecule has 1 saturated heterocycles. The second kappa shape index (κ2) is 5.61. The summed E-state index contributed by atoms with van der Waals surface area (Å²) in [6.07, 6.45) is 4.20. The molecule has 2 heterocycles. The Labute approximate surface area is 113 Å². The Bertz CT molecular complexity index is 467. The molecule has 0 aliphatic carbocycles. The van der Waals surface area contributed by atoms with Gasteiger partial charge in [-0.3, -0.25) is 4.79 Å². The molecule has 0 radical (unpaired) electrons. The van der Waals surface area contributed by atoms with Crippen LogP contribution in [0.5, 0.6) is 0 Å². The first-order valence-electron chi connectivity index (χ1n) is 7.08. The predicted octanol–water partition coefficient (Wildman–Crippen LogP) is 2.41. The van der Waals surface area contributed by atoms with E-state index in [0.717, 1.165) is 43.8 Å². The fraction of sp³-hybridized carbons (Fsp3) is 0.533. The number of aryl methyl sites for hydroxylation is 1. The lowest BCUT2D eigenvalue weighted by atomic mass is 10.0. The molecule has 4 nitrogen and oxygen atoms in total. The molecule has 1 fully saturated rings. The average molecular weight is 260 g/mol. The van der Waals surface area contributed by atoms with E-state index in [0.29, 0.717) is 6.61 Å². The van der Waals surface area contributed by atoms with Gasteiger partial charge in [-0.25, -0.2) is 0 Å². The highest BCUT2D eigenvalue weighted by Crippen LogP contribution is 2.26. The fourth-order valence-electron chi connectivity index (χ4n) is 2.73. The van der Waals surface area contributed by atoms with E-state index in [2.05, 4.69) is 16.7 Å². The van der Waals surface area contributed by atoms with Gasteiger partial charge >= 0.3 is 0 Å². The van der Waals surface area contributed by atoms with E-state index < -0.39 is 0 Å². The summed E-state index contributed by atoms with van der Waals surface area (Å²) in [7, 11) is 0. The van der Waals surface area contributed by atoms with E-state index in [-0.39, 0.29) is 11.8 Å². The molecule has 2 aliphatic rings. The summed E-state index contributed by atoms with van der Waals surface area (Å²) in [5.74, 6) is 0.0770. The smallest absolute Gasteiger partial charge is 0.229 e. The van der Waals surface area contributed by atoms with Crippen LogP contribution in [0.4, 0.5) is 11.4 Å². The maximum Gasteiger partial charge on any atom is 0.229 e. The first-order chi connectivity index (χ1) is 9.33. The molecule has 1 atom stereocenters. The maximum atomic E-state index is 12.1. The summed E-state index contributed by atoms with van der Waals surface area (Å²) in [6, 6.07) is 6.14. The van der Waals surface area contributed by atoms with Crippen LogP contribution in [0.2, 0.25) is 0 Å². The molecule has 4 heteroatoms. The molecule has 1 amide bonds. The van der Waals surface area contributed by atoms with E-state index in [1.54, 1.807) is 0 Å². The van der Waals surface area contributed by atoms with E-state index >= 15 is 0 Å². The number of anilines is 2. The van der Waals surface area contributed by atoms with E-state index in [9.17, 15) is 4.79 Å². The summed E-state index contributed by atoms with van der Waals surface area (Å²) in [5.41, 5.74) is 3.37.